The fraction of sp³-hybridized carbons (Fsp3) is 1.00. The molecular weight excluding hydrogens is 200 g/mol. The van der Waals surface area contributed by atoms with Crippen LogP contribution in [0.15, 0.2) is 0 Å². The molecule has 1 aliphatic rings. The summed E-state index contributed by atoms with van der Waals surface area (Å²) in [6.07, 6.45) is 3.67. The molecule has 3 unspecified atom stereocenters. The Morgan fingerprint density at radius 2 is 2.06 bits per heavy atom. The third-order valence-corrected chi connectivity index (χ3v) is 4.21. The van der Waals surface area contributed by atoms with E-state index >= 15 is 0 Å². The highest BCUT2D eigenvalue weighted by molar-refractivity contribution is 4.89. The van der Waals surface area contributed by atoms with Gasteiger partial charge in [0.1, 0.15) is 0 Å². The molecule has 1 fully saturated rings. The van der Waals surface area contributed by atoms with Crippen LogP contribution in [-0.4, -0.2) is 40.8 Å². The molecular formula is C13H28N2O. The Morgan fingerprint density at radius 3 is 2.56 bits per heavy atom. The van der Waals surface area contributed by atoms with Crippen LogP contribution in [-0.2, 0) is 0 Å². The predicted molar refractivity (Wildman–Crippen MR) is 68.3 cm³/mol. The molecule has 0 aromatic rings. The van der Waals surface area contributed by atoms with E-state index in [2.05, 4.69) is 25.7 Å². The quantitative estimate of drug-likeness (QED) is 0.768. The molecule has 3 heteroatoms. The second-order valence-corrected chi connectivity index (χ2v) is 5.85. The number of aliphatic hydroxyl groups is 1. The molecule has 1 rings (SSSR count). The monoisotopic (exact) mass is 228 g/mol. The van der Waals surface area contributed by atoms with Crippen molar-refractivity contribution in [2.45, 2.75) is 64.6 Å². The first kappa shape index (κ1) is 13.9. The van der Waals surface area contributed by atoms with Crippen LogP contribution >= 0.6 is 0 Å². The molecule has 0 amide bonds. The van der Waals surface area contributed by atoms with Gasteiger partial charge in [-0.05, 0) is 32.6 Å². The van der Waals surface area contributed by atoms with E-state index in [1.54, 1.807) is 0 Å². The smallest absolute Gasteiger partial charge is 0.0769 e. The largest absolute Gasteiger partial charge is 0.389 e. The van der Waals surface area contributed by atoms with Gasteiger partial charge >= 0.3 is 0 Å². The summed E-state index contributed by atoms with van der Waals surface area (Å²) in [4.78, 5) is 2.41. The maximum absolute atomic E-state index is 10.4. The normalized spacial score (nSPS) is 31.7. The summed E-state index contributed by atoms with van der Waals surface area (Å²) in [5, 5.41) is 10.4. The Balaban J connectivity index is 2.67. The molecule has 0 radical (unpaired) electrons. The van der Waals surface area contributed by atoms with E-state index in [0.717, 1.165) is 6.54 Å². The van der Waals surface area contributed by atoms with E-state index in [-0.39, 0.29) is 5.92 Å². The van der Waals surface area contributed by atoms with Crippen molar-refractivity contribution >= 4 is 0 Å². The average molecular weight is 228 g/mol. The first-order valence-electron chi connectivity index (χ1n) is 6.56. The highest BCUT2D eigenvalue weighted by Crippen LogP contribution is 2.26. The summed E-state index contributed by atoms with van der Waals surface area (Å²) in [6, 6.07) is 1.00. The molecule has 96 valence electrons. The summed E-state index contributed by atoms with van der Waals surface area (Å²) in [5.74, 6) is 0.278. The Kier molecular flexibility index (Phi) is 4.77. The van der Waals surface area contributed by atoms with Crippen LogP contribution in [0.3, 0.4) is 0 Å². The maximum atomic E-state index is 10.4. The third kappa shape index (κ3) is 3.19. The van der Waals surface area contributed by atoms with Crippen molar-refractivity contribution in [1.29, 1.82) is 0 Å². The Bertz CT molecular complexity index is 216. The maximum Gasteiger partial charge on any atom is 0.0769 e. The highest BCUT2D eigenvalue weighted by atomic mass is 16.3. The first-order chi connectivity index (χ1) is 7.38. The molecule has 3 nitrogen and oxygen atoms in total. The molecule has 1 aliphatic heterocycles. The number of hydrogen-bond acceptors (Lipinski definition) is 3. The fourth-order valence-corrected chi connectivity index (χ4v) is 2.43. The van der Waals surface area contributed by atoms with Gasteiger partial charge in [-0.15, -0.1) is 0 Å². The van der Waals surface area contributed by atoms with Crippen molar-refractivity contribution in [3.8, 4) is 0 Å². The first-order valence-corrected chi connectivity index (χ1v) is 6.56. The molecule has 1 saturated heterocycles. The Morgan fingerprint density at radius 1 is 1.44 bits per heavy atom. The molecule has 0 spiro atoms. The van der Waals surface area contributed by atoms with Crippen LogP contribution in [0.1, 0.15) is 47.0 Å². The zero-order valence-corrected chi connectivity index (χ0v) is 11.2. The highest BCUT2D eigenvalue weighted by Gasteiger charge is 2.34. The van der Waals surface area contributed by atoms with Crippen molar-refractivity contribution in [3.63, 3.8) is 0 Å². The van der Waals surface area contributed by atoms with E-state index in [1.165, 1.54) is 19.3 Å². The van der Waals surface area contributed by atoms with E-state index < -0.39 is 5.60 Å². The van der Waals surface area contributed by atoms with Crippen molar-refractivity contribution in [2.24, 2.45) is 11.7 Å². The predicted octanol–water partition coefficient (Wildman–Crippen LogP) is 1.60. The fourth-order valence-electron chi connectivity index (χ4n) is 2.43. The Hall–Kier alpha value is -0.120. The molecule has 0 aromatic carbocycles. The number of β-amino-alcohol motifs (C(OH)–C–C–N with tert-alkyl or cyclic N) is 1. The van der Waals surface area contributed by atoms with Gasteiger partial charge in [-0.1, -0.05) is 20.3 Å². The van der Waals surface area contributed by atoms with Crippen LogP contribution < -0.4 is 5.73 Å². The van der Waals surface area contributed by atoms with Gasteiger partial charge in [-0.2, -0.15) is 0 Å². The number of hydrogen-bond donors (Lipinski definition) is 2. The topological polar surface area (TPSA) is 49.5 Å². The average Bonchev–Trinajstić information content (AvgIpc) is 2.20. The van der Waals surface area contributed by atoms with Crippen LogP contribution in [0, 0.1) is 5.92 Å². The number of rotatable bonds is 4. The van der Waals surface area contributed by atoms with Crippen molar-refractivity contribution < 1.29 is 5.11 Å². The number of nitrogens with two attached hydrogens (primary N) is 1. The number of likely N-dealkylation sites (tertiary alicyclic amines) is 1. The summed E-state index contributed by atoms with van der Waals surface area (Å²) in [6.45, 7) is 9.79. The van der Waals surface area contributed by atoms with Crippen LogP contribution in [0.2, 0.25) is 0 Å². The Labute approximate surface area is 100 Å². The second-order valence-electron chi connectivity index (χ2n) is 5.85. The minimum Gasteiger partial charge on any atom is -0.389 e. The minimum absolute atomic E-state index is 0.278. The lowest BCUT2D eigenvalue weighted by Crippen LogP contribution is -2.55. The lowest BCUT2D eigenvalue weighted by molar-refractivity contribution is -0.0485. The summed E-state index contributed by atoms with van der Waals surface area (Å²) in [7, 11) is 0. The van der Waals surface area contributed by atoms with Gasteiger partial charge in [-0.3, -0.25) is 4.90 Å². The van der Waals surface area contributed by atoms with Gasteiger partial charge < -0.3 is 10.8 Å². The minimum atomic E-state index is -0.612. The van der Waals surface area contributed by atoms with Crippen LogP contribution in [0.5, 0.6) is 0 Å². The lowest BCUT2D eigenvalue weighted by Gasteiger charge is -2.44. The van der Waals surface area contributed by atoms with Gasteiger partial charge in [-0.25, -0.2) is 0 Å². The second kappa shape index (κ2) is 5.48. The molecule has 16 heavy (non-hydrogen) atoms. The third-order valence-electron chi connectivity index (χ3n) is 4.21. The molecule has 0 saturated carbocycles. The summed E-state index contributed by atoms with van der Waals surface area (Å²) < 4.78 is 0. The number of piperidine rings is 1. The van der Waals surface area contributed by atoms with Gasteiger partial charge in [0.15, 0.2) is 0 Å². The zero-order chi connectivity index (χ0) is 12.3. The SMILES string of the molecule is CC1CCCC(CN)N1CC(C)(O)C(C)C. The van der Waals surface area contributed by atoms with Crippen molar-refractivity contribution in [2.75, 3.05) is 13.1 Å². The van der Waals surface area contributed by atoms with E-state index in [9.17, 15) is 5.11 Å². The van der Waals surface area contributed by atoms with Crippen molar-refractivity contribution in [1.82, 2.24) is 4.90 Å². The summed E-state index contributed by atoms with van der Waals surface area (Å²) >= 11 is 0. The van der Waals surface area contributed by atoms with E-state index in [0.29, 0.717) is 18.6 Å². The van der Waals surface area contributed by atoms with Gasteiger partial charge in [0.05, 0.1) is 5.60 Å². The van der Waals surface area contributed by atoms with E-state index in [1.807, 2.05) is 6.92 Å². The van der Waals surface area contributed by atoms with Crippen LogP contribution in [0.25, 0.3) is 0 Å². The standard InChI is InChI=1S/C13H28N2O/c1-10(2)13(4,16)9-15-11(3)6-5-7-12(15)8-14/h10-12,16H,5-9,14H2,1-4H3. The lowest BCUT2D eigenvalue weighted by atomic mass is 9.88. The molecule has 0 aliphatic carbocycles. The summed E-state index contributed by atoms with van der Waals surface area (Å²) in [5.41, 5.74) is 5.22. The molecule has 0 bridgehead atoms. The van der Waals surface area contributed by atoms with Gasteiger partial charge in [0.25, 0.3) is 0 Å². The molecule has 0 aromatic heterocycles. The van der Waals surface area contributed by atoms with Crippen molar-refractivity contribution in [3.05, 3.63) is 0 Å². The van der Waals surface area contributed by atoms with Gasteiger partial charge in [0.2, 0.25) is 0 Å². The zero-order valence-electron chi connectivity index (χ0n) is 11.2. The molecule has 3 N–H and O–H groups in total. The van der Waals surface area contributed by atoms with Gasteiger partial charge in [0, 0.05) is 25.2 Å². The molecule has 3 atom stereocenters. The molecule has 1 heterocycles. The number of nitrogens with zero attached hydrogens (tertiary/aromatic N) is 1. The van der Waals surface area contributed by atoms with Crippen LogP contribution in [0.4, 0.5) is 0 Å². The van der Waals surface area contributed by atoms with E-state index in [4.69, 9.17) is 5.73 Å².